The standard InChI is InChI=1S/C15H21NO2/c1-10-6-5-9-16(12(10)3)15(18)13-7-4-8-14(17)11(13)2/h4,7-8,10,12,17H,5-6,9H2,1-3H3. The van der Waals surface area contributed by atoms with Crippen molar-refractivity contribution in [2.45, 2.75) is 39.7 Å². The summed E-state index contributed by atoms with van der Waals surface area (Å²) in [5.74, 6) is 0.779. The van der Waals surface area contributed by atoms with Crippen molar-refractivity contribution in [3.8, 4) is 5.75 Å². The lowest BCUT2D eigenvalue weighted by molar-refractivity contribution is 0.0550. The molecule has 1 aromatic rings. The molecule has 1 aliphatic heterocycles. The van der Waals surface area contributed by atoms with Crippen LogP contribution in [0.2, 0.25) is 0 Å². The highest BCUT2D eigenvalue weighted by atomic mass is 16.3. The molecule has 0 aromatic heterocycles. The first-order valence-corrected chi connectivity index (χ1v) is 6.62. The summed E-state index contributed by atoms with van der Waals surface area (Å²) in [6.07, 6.45) is 2.25. The third-order valence-electron chi connectivity index (χ3n) is 4.17. The van der Waals surface area contributed by atoms with Crippen molar-refractivity contribution in [3.05, 3.63) is 29.3 Å². The molecule has 1 fully saturated rings. The highest BCUT2D eigenvalue weighted by Gasteiger charge is 2.29. The van der Waals surface area contributed by atoms with E-state index in [1.165, 1.54) is 6.42 Å². The lowest BCUT2D eigenvalue weighted by Gasteiger charge is -2.38. The third-order valence-corrected chi connectivity index (χ3v) is 4.17. The summed E-state index contributed by atoms with van der Waals surface area (Å²) in [6.45, 7) is 6.92. The summed E-state index contributed by atoms with van der Waals surface area (Å²) in [4.78, 5) is 14.5. The van der Waals surface area contributed by atoms with Crippen LogP contribution in [0.5, 0.6) is 5.75 Å². The van der Waals surface area contributed by atoms with E-state index in [0.29, 0.717) is 17.0 Å². The van der Waals surface area contributed by atoms with Crippen molar-refractivity contribution >= 4 is 5.91 Å². The molecule has 0 bridgehead atoms. The van der Waals surface area contributed by atoms with Crippen molar-refractivity contribution in [2.24, 2.45) is 5.92 Å². The van der Waals surface area contributed by atoms with Crippen LogP contribution in [0.15, 0.2) is 18.2 Å². The molecule has 0 saturated carbocycles. The number of piperidine rings is 1. The third kappa shape index (κ3) is 2.22. The molecule has 2 atom stereocenters. The Labute approximate surface area is 108 Å². The van der Waals surface area contributed by atoms with Crippen molar-refractivity contribution < 1.29 is 9.90 Å². The summed E-state index contributed by atoms with van der Waals surface area (Å²) < 4.78 is 0. The summed E-state index contributed by atoms with van der Waals surface area (Å²) in [5, 5.41) is 9.69. The van der Waals surface area contributed by atoms with Crippen molar-refractivity contribution in [3.63, 3.8) is 0 Å². The Kier molecular flexibility index (Phi) is 3.60. The van der Waals surface area contributed by atoms with Crippen molar-refractivity contribution in [1.29, 1.82) is 0 Å². The van der Waals surface area contributed by atoms with Gasteiger partial charge < -0.3 is 10.0 Å². The van der Waals surface area contributed by atoms with Gasteiger partial charge in [-0.2, -0.15) is 0 Å². The van der Waals surface area contributed by atoms with Crippen LogP contribution >= 0.6 is 0 Å². The Morgan fingerprint density at radius 3 is 2.83 bits per heavy atom. The van der Waals surface area contributed by atoms with Gasteiger partial charge in [-0.05, 0) is 44.7 Å². The molecule has 1 aliphatic rings. The Morgan fingerprint density at radius 1 is 1.39 bits per heavy atom. The van der Waals surface area contributed by atoms with Crippen LogP contribution in [-0.4, -0.2) is 28.5 Å². The number of benzene rings is 1. The van der Waals surface area contributed by atoms with E-state index >= 15 is 0 Å². The predicted molar refractivity (Wildman–Crippen MR) is 71.7 cm³/mol. The SMILES string of the molecule is Cc1c(O)cccc1C(=O)N1CCCC(C)C1C. The van der Waals surface area contributed by atoms with Crippen LogP contribution in [0.1, 0.15) is 42.6 Å². The van der Waals surface area contributed by atoms with Crippen LogP contribution in [0.3, 0.4) is 0 Å². The van der Waals surface area contributed by atoms with E-state index in [1.807, 2.05) is 4.90 Å². The van der Waals surface area contributed by atoms with E-state index in [2.05, 4.69) is 13.8 Å². The molecule has 1 heterocycles. The van der Waals surface area contributed by atoms with Gasteiger partial charge in [0.15, 0.2) is 0 Å². The molecule has 2 unspecified atom stereocenters. The fourth-order valence-corrected chi connectivity index (χ4v) is 2.63. The van der Waals surface area contributed by atoms with Crippen LogP contribution in [0.25, 0.3) is 0 Å². The molecular weight excluding hydrogens is 226 g/mol. The molecule has 1 saturated heterocycles. The van der Waals surface area contributed by atoms with Crippen LogP contribution in [0.4, 0.5) is 0 Å². The van der Waals surface area contributed by atoms with Gasteiger partial charge in [0.1, 0.15) is 5.75 Å². The number of rotatable bonds is 1. The zero-order valence-corrected chi connectivity index (χ0v) is 11.3. The number of carbonyl (C=O) groups excluding carboxylic acids is 1. The Hall–Kier alpha value is -1.51. The van der Waals surface area contributed by atoms with Crippen LogP contribution in [-0.2, 0) is 0 Å². The maximum absolute atomic E-state index is 12.5. The lowest BCUT2D eigenvalue weighted by atomic mass is 9.91. The summed E-state index contributed by atoms with van der Waals surface area (Å²) in [6, 6.07) is 5.42. The topological polar surface area (TPSA) is 40.5 Å². The quantitative estimate of drug-likeness (QED) is 0.828. The number of hydrogen-bond acceptors (Lipinski definition) is 2. The first-order chi connectivity index (χ1) is 8.52. The summed E-state index contributed by atoms with van der Waals surface area (Å²) in [5.41, 5.74) is 1.30. The molecular formula is C15H21NO2. The van der Waals surface area contributed by atoms with E-state index in [1.54, 1.807) is 25.1 Å². The Balaban J connectivity index is 2.28. The van der Waals surface area contributed by atoms with Gasteiger partial charge in [0.2, 0.25) is 0 Å². The molecule has 18 heavy (non-hydrogen) atoms. The first-order valence-electron chi connectivity index (χ1n) is 6.62. The predicted octanol–water partition coefficient (Wildman–Crippen LogP) is 2.96. The van der Waals surface area contributed by atoms with Gasteiger partial charge in [-0.1, -0.05) is 13.0 Å². The molecule has 1 aromatic carbocycles. The Morgan fingerprint density at radius 2 is 2.11 bits per heavy atom. The monoisotopic (exact) mass is 247 g/mol. The maximum Gasteiger partial charge on any atom is 0.254 e. The molecule has 3 nitrogen and oxygen atoms in total. The highest BCUT2D eigenvalue weighted by molar-refractivity contribution is 5.96. The minimum atomic E-state index is 0.0439. The lowest BCUT2D eigenvalue weighted by Crippen LogP contribution is -2.46. The second kappa shape index (κ2) is 5.01. The van der Waals surface area contributed by atoms with E-state index in [4.69, 9.17) is 0 Å². The fraction of sp³-hybridized carbons (Fsp3) is 0.533. The second-order valence-electron chi connectivity index (χ2n) is 5.31. The molecule has 2 rings (SSSR count). The van der Waals surface area contributed by atoms with Gasteiger partial charge in [0.05, 0.1) is 0 Å². The molecule has 0 aliphatic carbocycles. The van der Waals surface area contributed by atoms with Gasteiger partial charge in [-0.3, -0.25) is 4.79 Å². The largest absolute Gasteiger partial charge is 0.508 e. The molecule has 98 valence electrons. The number of likely N-dealkylation sites (tertiary alicyclic amines) is 1. The van der Waals surface area contributed by atoms with Gasteiger partial charge >= 0.3 is 0 Å². The first kappa shape index (κ1) is 12.9. The van der Waals surface area contributed by atoms with E-state index < -0.39 is 0 Å². The number of aromatic hydroxyl groups is 1. The highest BCUT2D eigenvalue weighted by Crippen LogP contribution is 2.27. The molecule has 0 spiro atoms. The molecule has 1 amide bonds. The molecule has 3 heteroatoms. The van der Waals surface area contributed by atoms with E-state index in [-0.39, 0.29) is 17.7 Å². The van der Waals surface area contributed by atoms with Crippen LogP contribution < -0.4 is 0 Å². The fourth-order valence-electron chi connectivity index (χ4n) is 2.63. The maximum atomic E-state index is 12.5. The minimum Gasteiger partial charge on any atom is -0.508 e. The Bertz CT molecular complexity index is 456. The number of phenolic OH excluding ortho intramolecular Hbond substituents is 1. The van der Waals surface area contributed by atoms with Gasteiger partial charge in [0, 0.05) is 23.7 Å². The summed E-state index contributed by atoms with van der Waals surface area (Å²) in [7, 11) is 0. The van der Waals surface area contributed by atoms with Crippen molar-refractivity contribution in [2.75, 3.05) is 6.54 Å². The van der Waals surface area contributed by atoms with Gasteiger partial charge in [-0.15, -0.1) is 0 Å². The number of nitrogens with zero attached hydrogens (tertiary/aromatic N) is 1. The molecule has 0 radical (unpaired) electrons. The average Bonchev–Trinajstić information content (AvgIpc) is 2.35. The van der Waals surface area contributed by atoms with Crippen LogP contribution in [0, 0.1) is 12.8 Å². The second-order valence-corrected chi connectivity index (χ2v) is 5.31. The average molecular weight is 247 g/mol. The normalized spacial score (nSPS) is 24.1. The van der Waals surface area contributed by atoms with Gasteiger partial charge in [0.25, 0.3) is 5.91 Å². The molecule has 1 N–H and O–H groups in total. The zero-order chi connectivity index (χ0) is 13.3. The number of carbonyl (C=O) groups is 1. The van der Waals surface area contributed by atoms with Gasteiger partial charge in [-0.25, -0.2) is 0 Å². The van der Waals surface area contributed by atoms with E-state index in [0.717, 1.165) is 13.0 Å². The number of hydrogen-bond donors (Lipinski definition) is 1. The minimum absolute atomic E-state index is 0.0439. The van der Waals surface area contributed by atoms with Crippen molar-refractivity contribution in [1.82, 2.24) is 4.90 Å². The zero-order valence-electron chi connectivity index (χ0n) is 11.3. The van der Waals surface area contributed by atoms with E-state index in [9.17, 15) is 9.90 Å². The summed E-state index contributed by atoms with van der Waals surface area (Å²) >= 11 is 0. The smallest absolute Gasteiger partial charge is 0.254 e. The number of phenols is 1. The number of amides is 1.